The summed E-state index contributed by atoms with van der Waals surface area (Å²) in [5.41, 5.74) is 1.32. The minimum absolute atomic E-state index is 0.237. The third kappa shape index (κ3) is 5.22. The van der Waals surface area contributed by atoms with E-state index in [1.807, 2.05) is 26.0 Å². The molecule has 0 radical (unpaired) electrons. The summed E-state index contributed by atoms with van der Waals surface area (Å²) in [4.78, 5) is 0. The summed E-state index contributed by atoms with van der Waals surface area (Å²) in [6.45, 7) is 9.59. The Kier molecular flexibility index (Phi) is 6.06. The van der Waals surface area contributed by atoms with Crippen LogP contribution in [0.5, 0.6) is 5.75 Å². The van der Waals surface area contributed by atoms with Crippen LogP contribution in [0, 0.1) is 0 Å². The SMILES string of the molecule is CCCCN[C@H](C)c1ccc(OC(C)C)cc1. The fourth-order valence-electron chi connectivity index (χ4n) is 1.72. The summed E-state index contributed by atoms with van der Waals surface area (Å²) in [5.74, 6) is 0.949. The van der Waals surface area contributed by atoms with Crippen molar-refractivity contribution in [2.45, 2.75) is 52.7 Å². The standard InChI is InChI=1S/C15H25NO/c1-5-6-11-16-13(4)14-7-9-15(10-8-14)17-12(2)3/h7-10,12-13,16H,5-6,11H2,1-4H3/t13-/m1/s1. The van der Waals surface area contributed by atoms with Crippen molar-refractivity contribution >= 4 is 0 Å². The van der Waals surface area contributed by atoms with Gasteiger partial charge in [-0.15, -0.1) is 0 Å². The molecule has 1 rings (SSSR count). The molecule has 0 unspecified atom stereocenters. The van der Waals surface area contributed by atoms with Gasteiger partial charge in [0.15, 0.2) is 0 Å². The van der Waals surface area contributed by atoms with Crippen molar-refractivity contribution in [2.75, 3.05) is 6.54 Å². The van der Waals surface area contributed by atoms with Gasteiger partial charge in [0.05, 0.1) is 6.10 Å². The zero-order valence-electron chi connectivity index (χ0n) is 11.5. The van der Waals surface area contributed by atoms with Crippen molar-refractivity contribution in [2.24, 2.45) is 0 Å². The van der Waals surface area contributed by atoms with Gasteiger partial charge in [-0.2, -0.15) is 0 Å². The van der Waals surface area contributed by atoms with Crippen LogP contribution in [0.2, 0.25) is 0 Å². The molecule has 17 heavy (non-hydrogen) atoms. The molecule has 1 atom stereocenters. The fourth-order valence-corrected chi connectivity index (χ4v) is 1.72. The smallest absolute Gasteiger partial charge is 0.119 e. The number of hydrogen-bond acceptors (Lipinski definition) is 2. The second kappa shape index (κ2) is 7.33. The monoisotopic (exact) mass is 235 g/mol. The van der Waals surface area contributed by atoms with Gasteiger partial charge in [0.2, 0.25) is 0 Å². The van der Waals surface area contributed by atoms with Crippen LogP contribution in [0.15, 0.2) is 24.3 Å². The zero-order chi connectivity index (χ0) is 12.7. The molecule has 96 valence electrons. The Morgan fingerprint density at radius 2 is 1.76 bits per heavy atom. The molecule has 0 amide bonds. The molecular weight excluding hydrogens is 210 g/mol. The second-order valence-corrected chi connectivity index (χ2v) is 4.77. The largest absolute Gasteiger partial charge is 0.491 e. The van der Waals surface area contributed by atoms with E-state index in [-0.39, 0.29) is 6.10 Å². The van der Waals surface area contributed by atoms with Gasteiger partial charge in [-0.25, -0.2) is 0 Å². The lowest BCUT2D eigenvalue weighted by Gasteiger charge is -2.15. The molecule has 0 spiro atoms. The van der Waals surface area contributed by atoms with E-state index in [1.54, 1.807) is 0 Å². The van der Waals surface area contributed by atoms with E-state index in [4.69, 9.17) is 4.74 Å². The topological polar surface area (TPSA) is 21.3 Å². The van der Waals surface area contributed by atoms with Gasteiger partial charge >= 0.3 is 0 Å². The van der Waals surface area contributed by atoms with E-state index < -0.39 is 0 Å². The van der Waals surface area contributed by atoms with Crippen LogP contribution in [0.1, 0.15) is 52.1 Å². The Bertz CT molecular complexity index is 305. The van der Waals surface area contributed by atoms with E-state index in [2.05, 4.69) is 31.3 Å². The number of nitrogens with one attached hydrogen (secondary N) is 1. The molecular formula is C15H25NO. The Labute approximate surface area is 105 Å². The van der Waals surface area contributed by atoms with E-state index in [0.29, 0.717) is 6.04 Å². The number of ether oxygens (including phenoxy) is 1. The van der Waals surface area contributed by atoms with E-state index >= 15 is 0 Å². The first-order valence-electron chi connectivity index (χ1n) is 6.63. The highest BCUT2D eigenvalue weighted by Crippen LogP contribution is 2.18. The van der Waals surface area contributed by atoms with Gasteiger partial charge in [0.25, 0.3) is 0 Å². The maximum Gasteiger partial charge on any atom is 0.119 e. The third-order valence-electron chi connectivity index (χ3n) is 2.73. The molecule has 0 aliphatic heterocycles. The van der Waals surface area contributed by atoms with Gasteiger partial charge in [-0.3, -0.25) is 0 Å². The highest BCUT2D eigenvalue weighted by Gasteiger charge is 2.04. The lowest BCUT2D eigenvalue weighted by molar-refractivity contribution is 0.242. The minimum Gasteiger partial charge on any atom is -0.491 e. The first-order chi connectivity index (χ1) is 8.13. The molecule has 1 aromatic rings. The number of benzene rings is 1. The molecule has 0 bridgehead atoms. The summed E-state index contributed by atoms with van der Waals surface area (Å²) >= 11 is 0. The predicted molar refractivity (Wildman–Crippen MR) is 73.5 cm³/mol. The molecule has 2 heteroatoms. The molecule has 0 heterocycles. The van der Waals surface area contributed by atoms with E-state index in [9.17, 15) is 0 Å². The molecule has 1 aromatic carbocycles. The Hall–Kier alpha value is -1.02. The lowest BCUT2D eigenvalue weighted by atomic mass is 10.1. The van der Waals surface area contributed by atoms with Crippen molar-refractivity contribution in [1.82, 2.24) is 5.32 Å². The normalized spacial score (nSPS) is 12.8. The number of unbranched alkanes of at least 4 members (excludes halogenated alkanes) is 1. The minimum atomic E-state index is 0.237. The van der Waals surface area contributed by atoms with Crippen LogP contribution >= 0.6 is 0 Å². The van der Waals surface area contributed by atoms with Crippen LogP contribution in [0.4, 0.5) is 0 Å². The van der Waals surface area contributed by atoms with Crippen molar-refractivity contribution in [3.05, 3.63) is 29.8 Å². The predicted octanol–water partition coefficient (Wildman–Crippen LogP) is 3.92. The average Bonchev–Trinajstić information content (AvgIpc) is 2.29. The Morgan fingerprint density at radius 1 is 1.12 bits per heavy atom. The molecule has 0 aliphatic carbocycles. The molecule has 0 saturated carbocycles. The average molecular weight is 235 g/mol. The van der Waals surface area contributed by atoms with Crippen LogP contribution in [0.25, 0.3) is 0 Å². The van der Waals surface area contributed by atoms with Crippen molar-refractivity contribution in [3.8, 4) is 5.75 Å². The lowest BCUT2D eigenvalue weighted by Crippen LogP contribution is -2.19. The Balaban J connectivity index is 2.48. The Morgan fingerprint density at radius 3 is 2.29 bits per heavy atom. The van der Waals surface area contributed by atoms with E-state index in [1.165, 1.54) is 18.4 Å². The summed E-state index contributed by atoms with van der Waals surface area (Å²) in [6.07, 6.45) is 2.71. The second-order valence-electron chi connectivity index (χ2n) is 4.77. The fraction of sp³-hybridized carbons (Fsp3) is 0.600. The van der Waals surface area contributed by atoms with Crippen LogP contribution in [-0.4, -0.2) is 12.6 Å². The van der Waals surface area contributed by atoms with Gasteiger partial charge in [0, 0.05) is 6.04 Å². The zero-order valence-corrected chi connectivity index (χ0v) is 11.5. The molecule has 0 aromatic heterocycles. The first-order valence-corrected chi connectivity index (χ1v) is 6.63. The summed E-state index contributed by atoms with van der Waals surface area (Å²) < 4.78 is 5.63. The number of hydrogen-bond donors (Lipinski definition) is 1. The maximum atomic E-state index is 5.63. The van der Waals surface area contributed by atoms with Crippen LogP contribution in [0.3, 0.4) is 0 Å². The first kappa shape index (κ1) is 14.0. The summed E-state index contributed by atoms with van der Waals surface area (Å²) in [6, 6.07) is 8.79. The quantitative estimate of drug-likeness (QED) is 0.723. The van der Waals surface area contributed by atoms with Crippen molar-refractivity contribution in [1.29, 1.82) is 0 Å². The maximum absolute atomic E-state index is 5.63. The molecule has 0 aliphatic rings. The third-order valence-corrected chi connectivity index (χ3v) is 2.73. The van der Waals surface area contributed by atoms with Gasteiger partial charge in [-0.1, -0.05) is 25.5 Å². The molecule has 0 fully saturated rings. The van der Waals surface area contributed by atoms with Gasteiger partial charge in [-0.05, 0) is 51.4 Å². The van der Waals surface area contributed by atoms with Crippen molar-refractivity contribution < 1.29 is 4.74 Å². The van der Waals surface area contributed by atoms with E-state index in [0.717, 1.165) is 12.3 Å². The summed E-state index contributed by atoms with van der Waals surface area (Å²) in [7, 11) is 0. The van der Waals surface area contributed by atoms with Gasteiger partial charge < -0.3 is 10.1 Å². The van der Waals surface area contributed by atoms with Crippen molar-refractivity contribution in [3.63, 3.8) is 0 Å². The molecule has 1 N–H and O–H groups in total. The summed E-state index contributed by atoms with van der Waals surface area (Å²) in [5, 5.41) is 3.52. The number of rotatable bonds is 7. The van der Waals surface area contributed by atoms with Crippen LogP contribution < -0.4 is 10.1 Å². The van der Waals surface area contributed by atoms with Gasteiger partial charge in [0.1, 0.15) is 5.75 Å². The molecule has 0 saturated heterocycles. The van der Waals surface area contributed by atoms with Crippen LogP contribution in [-0.2, 0) is 0 Å². The molecule has 2 nitrogen and oxygen atoms in total. The highest BCUT2D eigenvalue weighted by atomic mass is 16.5. The highest BCUT2D eigenvalue weighted by molar-refractivity contribution is 5.29.